The van der Waals surface area contributed by atoms with Crippen LogP contribution < -0.4 is 5.32 Å². The average molecular weight is 298 g/mol. The Bertz CT molecular complexity index is 540. The van der Waals surface area contributed by atoms with Crippen LogP contribution in [0.5, 0.6) is 0 Å². The Hall–Kier alpha value is -1.38. The van der Waals surface area contributed by atoms with Crippen molar-refractivity contribution in [2.45, 2.75) is 45.4 Å². The Morgan fingerprint density at radius 3 is 2.50 bits per heavy atom. The summed E-state index contributed by atoms with van der Waals surface area (Å²) >= 11 is 0. The summed E-state index contributed by atoms with van der Waals surface area (Å²) in [5.41, 5.74) is 2.01. The van der Waals surface area contributed by atoms with Crippen LogP contribution in [0.3, 0.4) is 0 Å². The van der Waals surface area contributed by atoms with Crippen LogP contribution in [0.25, 0.3) is 0 Å². The van der Waals surface area contributed by atoms with E-state index in [1.165, 1.54) is 32.1 Å². The third-order valence-corrected chi connectivity index (χ3v) is 6.40. The highest BCUT2D eigenvalue weighted by Gasteiger charge is 2.47. The molecular weight excluding hydrogens is 272 g/mol. The highest BCUT2D eigenvalue weighted by molar-refractivity contribution is 5.78. The Morgan fingerprint density at radius 1 is 1.18 bits per heavy atom. The summed E-state index contributed by atoms with van der Waals surface area (Å²) in [6.07, 6.45) is 9.37. The maximum atomic E-state index is 12.2. The molecule has 0 radical (unpaired) electrons. The Labute approximate surface area is 132 Å². The van der Waals surface area contributed by atoms with Crippen molar-refractivity contribution in [3.8, 4) is 0 Å². The number of aromatic nitrogens is 1. The van der Waals surface area contributed by atoms with Gasteiger partial charge in [0, 0.05) is 12.7 Å². The lowest BCUT2D eigenvalue weighted by molar-refractivity contribution is -0.121. The first-order valence-electron chi connectivity index (χ1n) is 8.86. The van der Waals surface area contributed by atoms with Gasteiger partial charge >= 0.3 is 0 Å². The third-order valence-electron chi connectivity index (χ3n) is 6.40. The lowest BCUT2D eigenvalue weighted by atomic mass is 9.52. The maximum Gasteiger partial charge on any atom is 0.226 e. The van der Waals surface area contributed by atoms with Crippen LogP contribution in [0.4, 0.5) is 0 Å². The standard InChI is InChI=1S/C19H26N2O/c1-12-3-2-4-20-18(12)10-19(22)21-11-17-15-6-13-5-14(8-15)9-16(17)7-13/h2-4,13-17H,5-11H2,1H3,(H,21,22). The molecule has 4 fully saturated rings. The van der Waals surface area contributed by atoms with Crippen molar-refractivity contribution in [2.75, 3.05) is 6.54 Å². The minimum Gasteiger partial charge on any atom is -0.355 e. The van der Waals surface area contributed by atoms with E-state index < -0.39 is 0 Å². The summed E-state index contributed by atoms with van der Waals surface area (Å²) in [5, 5.41) is 3.21. The van der Waals surface area contributed by atoms with E-state index in [0.29, 0.717) is 6.42 Å². The number of amides is 1. The summed E-state index contributed by atoms with van der Waals surface area (Å²) in [7, 11) is 0. The number of hydrogen-bond donors (Lipinski definition) is 1. The van der Waals surface area contributed by atoms with Crippen molar-refractivity contribution in [2.24, 2.45) is 29.6 Å². The fourth-order valence-corrected chi connectivity index (χ4v) is 5.52. The lowest BCUT2D eigenvalue weighted by Gasteiger charge is -2.54. The molecule has 0 aromatic carbocycles. The SMILES string of the molecule is Cc1cccnc1CC(=O)NCC1C2CC3CC(C2)CC1C3. The van der Waals surface area contributed by atoms with Gasteiger partial charge in [0.1, 0.15) is 0 Å². The van der Waals surface area contributed by atoms with Crippen LogP contribution in [0.1, 0.15) is 43.4 Å². The van der Waals surface area contributed by atoms with E-state index in [4.69, 9.17) is 0 Å². The monoisotopic (exact) mass is 298 g/mol. The van der Waals surface area contributed by atoms with Crippen LogP contribution in [0.15, 0.2) is 18.3 Å². The molecule has 0 unspecified atom stereocenters. The third kappa shape index (κ3) is 2.66. The first kappa shape index (κ1) is 14.2. The van der Waals surface area contributed by atoms with Crippen molar-refractivity contribution in [1.29, 1.82) is 0 Å². The summed E-state index contributed by atoms with van der Waals surface area (Å²) in [5.74, 6) is 4.65. The molecule has 1 aromatic heterocycles. The Kier molecular flexibility index (Phi) is 3.67. The molecule has 3 nitrogen and oxygen atoms in total. The molecule has 5 rings (SSSR count). The second-order valence-electron chi connectivity index (χ2n) is 7.84. The van der Waals surface area contributed by atoms with Gasteiger partial charge in [-0.05, 0) is 80.2 Å². The summed E-state index contributed by atoms with van der Waals surface area (Å²) < 4.78 is 0. The molecule has 4 aliphatic carbocycles. The van der Waals surface area contributed by atoms with Crippen LogP contribution >= 0.6 is 0 Å². The number of nitrogens with one attached hydrogen (secondary N) is 1. The molecule has 0 saturated heterocycles. The molecule has 0 aliphatic heterocycles. The predicted octanol–water partition coefficient (Wildman–Crippen LogP) is 3.12. The van der Waals surface area contributed by atoms with E-state index in [1.54, 1.807) is 6.20 Å². The predicted molar refractivity (Wildman–Crippen MR) is 86.2 cm³/mol. The molecule has 1 heterocycles. The van der Waals surface area contributed by atoms with Gasteiger partial charge in [-0.2, -0.15) is 0 Å². The molecule has 22 heavy (non-hydrogen) atoms. The molecule has 1 N–H and O–H groups in total. The zero-order valence-electron chi connectivity index (χ0n) is 13.4. The fourth-order valence-electron chi connectivity index (χ4n) is 5.52. The van der Waals surface area contributed by atoms with Gasteiger partial charge in [-0.3, -0.25) is 9.78 Å². The lowest BCUT2D eigenvalue weighted by Crippen LogP contribution is -2.49. The van der Waals surface area contributed by atoms with E-state index >= 15 is 0 Å². The van der Waals surface area contributed by atoms with Gasteiger partial charge in [-0.1, -0.05) is 6.07 Å². The topological polar surface area (TPSA) is 42.0 Å². The van der Waals surface area contributed by atoms with Crippen molar-refractivity contribution in [3.63, 3.8) is 0 Å². The van der Waals surface area contributed by atoms with Crippen LogP contribution in [0, 0.1) is 36.5 Å². The maximum absolute atomic E-state index is 12.2. The van der Waals surface area contributed by atoms with Gasteiger partial charge in [0.05, 0.1) is 12.1 Å². The Morgan fingerprint density at radius 2 is 1.86 bits per heavy atom. The molecular formula is C19H26N2O. The quantitative estimate of drug-likeness (QED) is 0.928. The molecule has 1 aromatic rings. The highest BCUT2D eigenvalue weighted by Crippen LogP contribution is 2.56. The van der Waals surface area contributed by atoms with Gasteiger partial charge in [0.2, 0.25) is 5.91 Å². The first-order valence-corrected chi connectivity index (χ1v) is 8.86. The molecule has 0 spiro atoms. The van der Waals surface area contributed by atoms with Gasteiger partial charge in [-0.15, -0.1) is 0 Å². The number of rotatable bonds is 4. The number of carbonyl (C=O) groups is 1. The van der Waals surface area contributed by atoms with Gasteiger partial charge in [-0.25, -0.2) is 0 Å². The van der Waals surface area contributed by atoms with Gasteiger partial charge < -0.3 is 5.32 Å². The second kappa shape index (κ2) is 5.68. The smallest absolute Gasteiger partial charge is 0.226 e. The molecule has 3 heteroatoms. The number of carbonyl (C=O) groups excluding carboxylic acids is 1. The molecule has 4 saturated carbocycles. The summed E-state index contributed by atoms with van der Waals surface area (Å²) in [4.78, 5) is 16.6. The van der Waals surface area contributed by atoms with Gasteiger partial charge in [0.15, 0.2) is 0 Å². The van der Waals surface area contributed by atoms with E-state index in [-0.39, 0.29) is 5.91 Å². The first-order chi connectivity index (χ1) is 10.7. The zero-order chi connectivity index (χ0) is 15.1. The van der Waals surface area contributed by atoms with E-state index in [1.807, 2.05) is 19.1 Å². The number of pyridine rings is 1. The zero-order valence-corrected chi connectivity index (χ0v) is 13.4. The van der Waals surface area contributed by atoms with Crippen molar-refractivity contribution in [1.82, 2.24) is 10.3 Å². The van der Waals surface area contributed by atoms with E-state index in [0.717, 1.165) is 47.4 Å². The van der Waals surface area contributed by atoms with Crippen molar-refractivity contribution < 1.29 is 4.79 Å². The largest absolute Gasteiger partial charge is 0.355 e. The van der Waals surface area contributed by atoms with Crippen LogP contribution in [-0.4, -0.2) is 17.4 Å². The molecule has 1 amide bonds. The van der Waals surface area contributed by atoms with Crippen LogP contribution in [0.2, 0.25) is 0 Å². The number of hydrogen-bond acceptors (Lipinski definition) is 2. The van der Waals surface area contributed by atoms with Crippen molar-refractivity contribution in [3.05, 3.63) is 29.6 Å². The minimum atomic E-state index is 0.135. The Balaban J connectivity index is 1.33. The van der Waals surface area contributed by atoms with Gasteiger partial charge in [0.25, 0.3) is 0 Å². The average Bonchev–Trinajstić information content (AvgIpc) is 2.48. The summed E-state index contributed by atoms with van der Waals surface area (Å²) in [6.45, 7) is 2.91. The second-order valence-corrected chi connectivity index (χ2v) is 7.84. The molecule has 0 atom stereocenters. The van der Waals surface area contributed by atoms with E-state index in [2.05, 4.69) is 10.3 Å². The highest BCUT2D eigenvalue weighted by atomic mass is 16.1. The molecule has 4 bridgehead atoms. The molecule has 4 aliphatic rings. The van der Waals surface area contributed by atoms with E-state index in [9.17, 15) is 4.79 Å². The minimum absolute atomic E-state index is 0.135. The van der Waals surface area contributed by atoms with Crippen LogP contribution in [-0.2, 0) is 11.2 Å². The van der Waals surface area contributed by atoms with Crippen molar-refractivity contribution >= 4 is 5.91 Å². The number of nitrogens with zero attached hydrogens (tertiary/aromatic N) is 1. The normalized spacial score (nSPS) is 35.6. The summed E-state index contributed by atoms with van der Waals surface area (Å²) in [6, 6.07) is 3.94. The number of aryl methyl sites for hydroxylation is 1. The fraction of sp³-hybridized carbons (Fsp3) is 0.684. The molecule has 118 valence electrons.